The van der Waals surface area contributed by atoms with Gasteiger partial charge in [0.1, 0.15) is 11.9 Å². The van der Waals surface area contributed by atoms with Crippen molar-refractivity contribution in [2.75, 3.05) is 6.54 Å². The van der Waals surface area contributed by atoms with Crippen LogP contribution in [0.25, 0.3) is 11.4 Å². The third kappa shape index (κ3) is 4.75. The van der Waals surface area contributed by atoms with Gasteiger partial charge >= 0.3 is 5.97 Å². The molecule has 0 aliphatic carbocycles. The van der Waals surface area contributed by atoms with Crippen LogP contribution in [0.3, 0.4) is 0 Å². The molecule has 0 radical (unpaired) electrons. The number of aliphatic hydroxyl groups is 1. The van der Waals surface area contributed by atoms with Crippen LogP contribution in [0.1, 0.15) is 17.9 Å². The van der Waals surface area contributed by atoms with Gasteiger partial charge in [-0.3, -0.25) is 9.78 Å². The Morgan fingerprint density at radius 3 is 2.87 bits per heavy atom. The van der Waals surface area contributed by atoms with Crippen LogP contribution in [-0.4, -0.2) is 55.7 Å². The topological polar surface area (TPSA) is 119 Å². The molecule has 1 aliphatic heterocycles. The number of carbonyl (C=O) groups excluding carboxylic acids is 2. The second-order valence-corrected chi connectivity index (χ2v) is 7.08. The highest BCUT2D eigenvalue weighted by molar-refractivity contribution is 5.86. The zero-order valence-corrected chi connectivity index (χ0v) is 16.3. The van der Waals surface area contributed by atoms with Gasteiger partial charge in [-0.05, 0) is 23.8 Å². The first-order valence-electron chi connectivity index (χ1n) is 9.62. The quantitative estimate of drug-likeness (QED) is 0.590. The number of carbonyl (C=O) groups is 2. The van der Waals surface area contributed by atoms with E-state index < -0.39 is 29.8 Å². The van der Waals surface area contributed by atoms with Crippen LogP contribution in [0.2, 0.25) is 0 Å². The van der Waals surface area contributed by atoms with Crippen LogP contribution in [0.5, 0.6) is 0 Å². The lowest BCUT2D eigenvalue weighted by Crippen LogP contribution is -2.42. The third-order valence-electron chi connectivity index (χ3n) is 4.90. The fourth-order valence-electron chi connectivity index (χ4n) is 3.37. The molecule has 9 nitrogen and oxygen atoms in total. The summed E-state index contributed by atoms with van der Waals surface area (Å²) in [6.45, 7) is -0.313. The first-order valence-corrected chi connectivity index (χ1v) is 9.62. The normalized spacial score (nSPS) is 18.2. The second kappa shape index (κ2) is 9.00. The molecule has 0 spiro atoms. The highest BCUT2D eigenvalue weighted by Crippen LogP contribution is 2.22. The second-order valence-electron chi connectivity index (χ2n) is 7.08. The smallest absolute Gasteiger partial charge is 0.329 e. The standard InChI is InChI=1S/C21H19FN4O5/c22-16-6-2-1-4-13(16)8-19(28)26-11-15(27)9-17(26)21(29)30-12-18-24-20(25-31-18)14-5-3-7-23-10-14/h1-7,10,15,17,27H,8-9,11-12H2. The summed E-state index contributed by atoms with van der Waals surface area (Å²) in [5.74, 6) is -1.30. The lowest BCUT2D eigenvalue weighted by molar-refractivity contribution is -0.155. The van der Waals surface area contributed by atoms with E-state index in [-0.39, 0.29) is 37.4 Å². The van der Waals surface area contributed by atoms with E-state index in [2.05, 4.69) is 15.1 Å². The Balaban J connectivity index is 1.38. The number of pyridine rings is 1. The number of hydrogen-bond donors (Lipinski definition) is 1. The minimum atomic E-state index is -0.977. The zero-order valence-electron chi connectivity index (χ0n) is 16.3. The van der Waals surface area contributed by atoms with Crippen LogP contribution in [0, 0.1) is 5.82 Å². The molecule has 0 bridgehead atoms. The molecule has 3 aromatic rings. The summed E-state index contributed by atoms with van der Waals surface area (Å²) in [5, 5.41) is 13.8. The molecule has 1 saturated heterocycles. The lowest BCUT2D eigenvalue weighted by Gasteiger charge is -2.23. The van der Waals surface area contributed by atoms with E-state index in [1.165, 1.54) is 23.1 Å². The molecule has 1 amide bonds. The van der Waals surface area contributed by atoms with Gasteiger partial charge in [0, 0.05) is 30.9 Å². The summed E-state index contributed by atoms with van der Waals surface area (Å²) in [6.07, 6.45) is 2.12. The van der Waals surface area contributed by atoms with E-state index in [9.17, 15) is 19.1 Å². The molecule has 2 atom stereocenters. The molecular weight excluding hydrogens is 407 g/mol. The minimum Gasteiger partial charge on any atom is -0.454 e. The van der Waals surface area contributed by atoms with Crippen molar-refractivity contribution in [2.24, 2.45) is 0 Å². The number of benzene rings is 1. The van der Waals surface area contributed by atoms with Gasteiger partial charge in [0.25, 0.3) is 5.89 Å². The summed E-state index contributed by atoms with van der Waals surface area (Å²) < 4.78 is 24.2. The van der Waals surface area contributed by atoms with E-state index in [1.807, 2.05) is 0 Å². The van der Waals surface area contributed by atoms with Crippen LogP contribution in [0.15, 0.2) is 53.3 Å². The maximum atomic E-state index is 13.9. The van der Waals surface area contributed by atoms with Crippen molar-refractivity contribution in [3.05, 3.63) is 66.1 Å². The minimum absolute atomic E-state index is 0.0290. The largest absolute Gasteiger partial charge is 0.454 e. The van der Waals surface area contributed by atoms with Crippen molar-refractivity contribution in [1.82, 2.24) is 20.0 Å². The predicted molar refractivity (Wildman–Crippen MR) is 104 cm³/mol. The fourth-order valence-corrected chi connectivity index (χ4v) is 3.37. The van der Waals surface area contributed by atoms with E-state index in [1.54, 1.807) is 30.6 Å². The van der Waals surface area contributed by atoms with E-state index in [4.69, 9.17) is 9.26 Å². The molecule has 0 saturated carbocycles. The average molecular weight is 426 g/mol. The third-order valence-corrected chi connectivity index (χ3v) is 4.90. The number of hydrogen-bond acceptors (Lipinski definition) is 8. The van der Waals surface area contributed by atoms with Gasteiger partial charge in [-0.2, -0.15) is 4.98 Å². The number of halogens is 1. The fraction of sp³-hybridized carbons (Fsp3) is 0.286. The molecule has 10 heteroatoms. The number of ether oxygens (including phenoxy) is 1. The molecule has 1 aliphatic rings. The Labute approximate surface area is 176 Å². The van der Waals surface area contributed by atoms with Gasteiger partial charge in [-0.15, -0.1) is 0 Å². The number of likely N-dealkylation sites (tertiary alicyclic amines) is 1. The molecule has 160 valence electrons. The average Bonchev–Trinajstić information content (AvgIpc) is 3.41. The van der Waals surface area contributed by atoms with Gasteiger partial charge in [0.2, 0.25) is 11.7 Å². The molecule has 31 heavy (non-hydrogen) atoms. The Bertz CT molecular complexity index is 1070. The lowest BCUT2D eigenvalue weighted by atomic mass is 10.1. The van der Waals surface area contributed by atoms with Crippen LogP contribution < -0.4 is 0 Å². The first-order chi connectivity index (χ1) is 15.0. The van der Waals surface area contributed by atoms with Crippen LogP contribution in [-0.2, 0) is 27.4 Å². The number of esters is 1. The van der Waals surface area contributed by atoms with Gasteiger partial charge in [-0.1, -0.05) is 23.4 Å². The predicted octanol–water partition coefficient (Wildman–Crippen LogP) is 1.52. The van der Waals surface area contributed by atoms with Gasteiger partial charge in [0.05, 0.1) is 12.5 Å². The molecule has 3 heterocycles. The van der Waals surface area contributed by atoms with Crippen LogP contribution in [0.4, 0.5) is 4.39 Å². The van der Waals surface area contributed by atoms with Crippen molar-refractivity contribution in [3.8, 4) is 11.4 Å². The number of rotatable bonds is 6. The number of nitrogens with zero attached hydrogens (tertiary/aromatic N) is 4. The number of aromatic nitrogens is 3. The molecule has 2 unspecified atom stereocenters. The van der Waals surface area contributed by atoms with Crippen molar-refractivity contribution in [3.63, 3.8) is 0 Å². The van der Waals surface area contributed by atoms with Crippen molar-refractivity contribution in [1.29, 1.82) is 0 Å². The maximum Gasteiger partial charge on any atom is 0.329 e. The summed E-state index contributed by atoms with van der Waals surface area (Å²) in [7, 11) is 0. The number of amides is 1. The number of aliphatic hydroxyl groups excluding tert-OH is 1. The zero-order chi connectivity index (χ0) is 21.8. The van der Waals surface area contributed by atoms with E-state index in [0.29, 0.717) is 11.4 Å². The molecule has 1 N–H and O–H groups in total. The van der Waals surface area contributed by atoms with Gasteiger partial charge in [-0.25, -0.2) is 9.18 Å². The Hall–Kier alpha value is -3.66. The Morgan fingerprint density at radius 2 is 2.10 bits per heavy atom. The van der Waals surface area contributed by atoms with Crippen molar-refractivity contribution >= 4 is 11.9 Å². The summed E-state index contributed by atoms with van der Waals surface area (Å²) in [6, 6.07) is 8.42. The number of β-amino-alcohol motifs (C(OH)–C–C–N with tert-alkyl or cyclic N) is 1. The highest BCUT2D eigenvalue weighted by atomic mass is 19.1. The van der Waals surface area contributed by atoms with E-state index in [0.717, 1.165) is 0 Å². The molecule has 1 fully saturated rings. The summed E-state index contributed by atoms with van der Waals surface area (Å²) in [5.41, 5.74) is 0.863. The van der Waals surface area contributed by atoms with Gasteiger partial charge in [0.15, 0.2) is 6.61 Å². The first kappa shape index (κ1) is 20.6. The molecule has 4 rings (SSSR count). The molecule has 1 aromatic carbocycles. The van der Waals surface area contributed by atoms with Crippen molar-refractivity contribution < 1.29 is 28.3 Å². The van der Waals surface area contributed by atoms with Crippen LogP contribution >= 0.6 is 0 Å². The Morgan fingerprint density at radius 1 is 1.26 bits per heavy atom. The van der Waals surface area contributed by atoms with Crippen molar-refractivity contribution in [2.45, 2.75) is 31.6 Å². The molecular formula is C21H19FN4O5. The van der Waals surface area contributed by atoms with E-state index >= 15 is 0 Å². The van der Waals surface area contributed by atoms with Gasteiger partial charge < -0.3 is 19.3 Å². The summed E-state index contributed by atoms with van der Waals surface area (Å²) in [4.78, 5) is 34.6. The Kier molecular flexibility index (Phi) is 5.99. The maximum absolute atomic E-state index is 13.9. The summed E-state index contributed by atoms with van der Waals surface area (Å²) >= 11 is 0. The monoisotopic (exact) mass is 426 g/mol. The molecule has 2 aromatic heterocycles. The SMILES string of the molecule is O=C(OCc1nc(-c2cccnc2)no1)C1CC(O)CN1C(=O)Cc1ccccc1F. The highest BCUT2D eigenvalue weighted by Gasteiger charge is 2.40.